The van der Waals surface area contributed by atoms with Crippen LogP contribution in [0.25, 0.3) is 0 Å². The van der Waals surface area contributed by atoms with E-state index >= 15 is 0 Å². The fourth-order valence-corrected chi connectivity index (χ4v) is 3.05. The summed E-state index contributed by atoms with van der Waals surface area (Å²) >= 11 is 1.16. The van der Waals surface area contributed by atoms with Crippen molar-refractivity contribution < 1.29 is 9.59 Å². The van der Waals surface area contributed by atoms with Gasteiger partial charge in [-0.1, -0.05) is 35.6 Å². The fourth-order valence-electron chi connectivity index (χ4n) is 2.32. The highest BCUT2D eigenvalue weighted by Gasteiger charge is 2.12. The molecule has 0 bridgehead atoms. The maximum Gasteiger partial charge on any atom is 0.325 e. The molecule has 3 amide bonds. The first-order valence-corrected chi connectivity index (χ1v) is 9.14. The van der Waals surface area contributed by atoms with Crippen LogP contribution in [0.3, 0.4) is 0 Å². The number of hydrogen-bond donors (Lipinski definition) is 3. The van der Waals surface area contributed by atoms with Gasteiger partial charge in [-0.05, 0) is 49.2 Å². The summed E-state index contributed by atoms with van der Waals surface area (Å²) in [6.07, 6.45) is 0.0903. The molecule has 8 heteroatoms. The Bertz CT molecular complexity index is 956. The predicted octanol–water partition coefficient (Wildman–Crippen LogP) is 3.98. The van der Waals surface area contributed by atoms with Crippen LogP contribution in [0, 0.1) is 13.8 Å². The summed E-state index contributed by atoms with van der Waals surface area (Å²) in [6, 6.07) is 14.4. The van der Waals surface area contributed by atoms with Crippen molar-refractivity contribution >= 4 is 39.8 Å². The Kier molecular flexibility index (Phi) is 5.77. The van der Waals surface area contributed by atoms with Gasteiger partial charge in [-0.25, -0.2) is 4.79 Å². The molecule has 0 aliphatic heterocycles. The van der Waals surface area contributed by atoms with Crippen molar-refractivity contribution in [2.45, 2.75) is 20.3 Å². The van der Waals surface area contributed by atoms with Crippen LogP contribution in [0.2, 0.25) is 0 Å². The second-order valence-corrected chi connectivity index (χ2v) is 7.03. The first-order chi connectivity index (χ1) is 13.0. The molecule has 1 heterocycles. The minimum Gasteiger partial charge on any atom is -0.326 e. The standard InChI is InChI=1S/C19H19N5O2S/c1-12-8-9-15(10-13(12)2)21-18(26)22-19-24-23-17(27-19)11-16(25)20-14-6-4-3-5-7-14/h3-10H,11H2,1-2H3,(H,20,25)(H2,21,22,24,26). The van der Waals surface area contributed by atoms with Crippen LogP contribution in [0.1, 0.15) is 16.1 Å². The Morgan fingerprint density at radius 1 is 0.889 bits per heavy atom. The number of rotatable bonds is 5. The summed E-state index contributed by atoms with van der Waals surface area (Å²) in [5.41, 5.74) is 3.67. The second kappa shape index (κ2) is 8.41. The number of aromatic nitrogens is 2. The number of nitrogens with one attached hydrogen (secondary N) is 3. The van der Waals surface area contributed by atoms with E-state index in [1.807, 2.05) is 62.4 Å². The lowest BCUT2D eigenvalue weighted by atomic mass is 10.1. The number of aryl methyl sites for hydroxylation is 2. The van der Waals surface area contributed by atoms with E-state index in [0.29, 0.717) is 15.8 Å². The zero-order chi connectivity index (χ0) is 19.2. The number of benzene rings is 2. The Balaban J connectivity index is 1.53. The van der Waals surface area contributed by atoms with E-state index < -0.39 is 6.03 Å². The number of carbonyl (C=O) groups excluding carboxylic acids is 2. The quantitative estimate of drug-likeness (QED) is 0.623. The molecule has 3 aromatic rings. The van der Waals surface area contributed by atoms with Crippen molar-refractivity contribution in [1.29, 1.82) is 0 Å². The van der Waals surface area contributed by atoms with Crippen LogP contribution in [0.5, 0.6) is 0 Å². The van der Waals surface area contributed by atoms with Gasteiger partial charge in [0.2, 0.25) is 11.0 Å². The molecule has 0 spiro atoms. The zero-order valence-corrected chi connectivity index (χ0v) is 15.8. The van der Waals surface area contributed by atoms with Gasteiger partial charge in [-0.15, -0.1) is 10.2 Å². The topological polar surface area (TPSA) is 96.0 Å². The fraction of sp³-hybridized carbons (Fsp3) is 0.158. The van der Waals surface area contributed by atoms with E-state index in [-0.39, 0.29) is 12.3 Å². The Hall–Kier alpha value is -3.26. The Labute approximate surface area is 160 Å². The number of amides is 3. The van der Waals surface area contributed by atoms with Crippen LogP contribution >= 0.6 is 11.3 Å². The molecule has 0 saturated carbocycles. The number of nitrogens with zero attached hydrogens (tertiary/aromatic N) is 2. The molecule has 0 aliphatic carbocycles. The van der Waals surface area contributed by atoms with Crippen molar-refractivity contribution in [2.24, 2.45) is 0 Å². The molecule has 3 N–H and O–H groups in total. The molecule has 3 rings (SSSR count). The number of anilines is 3. The number of carbonyl (C=O) groups is 2. The van der Waals surface area contributed by atoms with Gasteiger partial charge in [0.1, 0.15) is 5.01 Å². The van der Waals surface area contributed by atoms with Gasteiger partial charge in [-0.2, -0.15) is 0 Å². The molecule has 1 aromatic heterocycles. The third-order valence-electron chi connectivity index (χ3n) is 3.82. The van der Waals surface area contributed by atoms with Crippen LogP contribution in [-0.4, -0.2) is 22.1 Å². The predicted molar refractivity (Wildman–Crippen MR) is 107 cm³/mol. The summed E-state index contributed by atoms with van der Waals surface area (Å²) < 4.78 is 0. The summed E-state index contributed by atoms with van der Waals surface area (Å²) in [5, 5.41) is 16.9. The normalized spacial score (nSPS) is 10.3. The lowest BCUT2D eigenvalue weighted by Crippen LogP contribution is -2.19. The highest BCUT2D eigenvalue weighted by atomic mass is 32.1. The SMILES string of the molecule is Cc1ccc(NC(=O)Nc2nnc(CC(=O)Nc3ccccc3)s2)cc1C. The summed E-state index contributed by atoms with van der Waals surface area (Å²) in [7, 11) is 0. The molecule has 0 unspecified atom stereocenters. The maximum atomic E-state index is 12.1. The molecular formula is C19H19N5O2S. The van der Waals surface area contributed by atoms with Gasteiger partial charge in [-0.3, -0.25) is 10.1 Å². The lowest BCUT2D eigenvalue weighted by Gasteiger charge is -2.07. The molecule has 2 aromatic carbocycles. The molecule has 0 aliphatic rings. The van der Waals surface area contributed by atoms with E-state index in [1.54, 1.807) is 0 Å². The third kappa shape index (κ3) is 5.35. The van der Waals surface area contributed by atoms with E-state index in [4.69, 9.17) is 0 Å². The lowest BCUT2D eigenvalue weighted by molar-refractivity contribution is -0.115. The van der Waals surface area contributed by atoms with Gasteiger partial charge in [0, 0.05) is 11.4 Å². The molecule has 27 heavy (non-hydrogen) atoms. The van der Waals surface area contributed by atoms with E-state index in [0.717, 1.165) is 28.2 Å². The van der Waals surface area contributed by atoms with Gasteiger partial charge >= 0.3 is 6.03 Å². The first-order valence-electron chi connectivity index (χ1n) is 8.32. The van der Waals surface area contributed by atoms with E-state index in [1.165, 1.54) is 0 Å². The third-order valence-corrected chi connectivity index (χ3v) is 4.66. The highest BCUT2D eigenvalue weighted by molar-refractivity contribution is 7.15. The van der Waals surface area contributed by atoms with Crippen molar-refractivity contribution in [1.82, 2.24) is 10.2 Å². The molecular weight excluding hydrogens is 362 g/mol. The number of hydrogen-bond acceptors (Lipinski definition) is 5. The molecule has 7 nitrogen and oxygen atoms in total. The highest BCUT2D eigenvalue weighted by Crippen LogP contribution is 2.18. The largest absolute Gasteiger partial charge is 0.326 e. The molecule has 138 valence electrons. The van der Waals surface area contributed by atoms with Gasteiger partial charge in [0.25, 0.3) is 0 Å². The van der Waals surface area contributed by atoms with Crippen molar-refractivity contribution in [3.8, 4) is 0 Å². The molecule has 0 fully saturated rings. The maximum absolute atomic E-state index is 12.1. The van der Waals surface area contributed by atoms with Crippen molar-refractivity contribution in [3.63, 3.8) is 0 Å². The van der Waals surface area contributed by atoms with Gasteiger partial charge in [0.05, 0.1) is 6.42 Å². The van der Waals surface area contributed by atoms with Gasteiger partial charge in [0.15, 0.2) is 0 Å². The average molecular weight is 381 g/mol. The van der Waals surface area contributed by atoms with E-state index in [2.05, 4.69) is 26.1 Å². The monoisotopic (exact) mass is 381 g/mol. The second-order valence-electron chi connectivity index (χ2n) is 5.97. The minimum absolute atomic E-state index is 0.0903. The minimum atomic E-state index is -0.408. The first kappa shape index (κ1) is 18.5. The summed E-state index contributed by atoms with van der Waals surface area (Å²) in [6.45, 7) is 3.99. The van der Waals surface area contributed by atoms with Crippen molar-refractivity contribution in [3.05, 3.63) is 64.7 Å². The Morgan fingerprint density at radius 2 is 1.67 bits per heavy atom. The van der Waals surface area contributed by atoms with Crippen LogP contribution in [0.4, 0.5) is 21.3 Å². The van der Waals surface area contributed by atoms with Gasteiger partial charge < -0.3 is 10.6 Å². The van der Waals surface area contributed by atoms with E-state index in [9.17, 15) is 9.59 Å². The Morgan fingerprint density at radius 3 is 2.41 bits per heavy atom. The van der Waals surface area contributed by atoms with Crippen LogP contribution in [0.15, 0.2) is 48.5 Å². The van der Waals surface area contributed by atoms with Crippen LogP contribution in [-0.2, 0) is 11.2 Å². The summed E-state index contributed by atoms with van der Waals surface area (Å²) in [5.74, 6) is -0.191. The average Bonchev–Trinajstić information content (AvgIpc) is 3.05. The number of urea groups is 1. The molecule has 0 atom stereocenters. The van der Waals surface area contributed by atoms with Crippen molar-refractivity contribution in [2.75, 3.05) is 16.0 Å². The molecule has 0 saturated heterocycles. The molecule has 0 radical (unpaired) electrons. The van der Waals surface area contributed by atoms with Crippen LogP contribution < -0.4 is 16.0 Å². The number of para-hydroxylation sites is 1. The smallest absolute Gasteiger partial charge is 0.325 e. The summed E-state index contributed by atoms with van der Waals surface area (Å²) in [4.78, 5) is 24.1. The zero-order valence-electron chi connectivity index (χ0n) is 14.9.